The number of hydrogen-bond acceptors (Lipinski definition) is 3. The third-order valence-electron chi connectivity index (χ3n) is 2.33. The fraction of sp³-hybridized carbons (Fsp3) is 0.333. The molecule has 0 aliphatic rings. The molecule has 0 unspecified atom stereocenters. The number of nitrogens with one attached hydrogen (secondary N) is 1. The molecule has 0 fully saturated rings. The second-order valence-corrected chi connectivity index (χ2v) is 5.55. The Kier molecular flexibility index (Phi) is 4.04. The van der Waals surface area contributed by atoms with Gasteiger partial charge in [-0.25, -0.2) is 4.98 Å². The highest BCUT2D eigenvalue weighted by Gasteiger charge is 2.08. The predicted molar refractivity (Wildman–Crippen MR) is 75.0 cm³/mol. The van der Waals surface area contributed by atoms with Crippen LogP contribution in [0, 0.1) is 5.92 Å². The van der Waals surface area contributed by atoms with Gasteiger partial charge in [0.05, 0.1) is 5.69 Å². The highest BCUT2D eigenvalue weighted by atomic mass is 35.5. The van der Waals surface area contributed by atoms with Gasteiger partial charge in [-0.1, -0.05) is 25.4 Å². The molecule has 0 aliphatic carbocycles. The van der Waals surface area contributed by atoms with Crippen LogP contribution >= 0.6 is 22.9 Å². The van der Waals surface area contributed by atoms with E-state index in [1.165, 1.54) is 17.4 Å². The highest BCUT2D eigenvalue weighted by molar-refractivity contribution is 7.15. The van der Waals surface area contributed by atoms with Gasteiger partial charge in [0, 0.05) is 24.2 Å². The summed E-state index contributed by atoms with van der Waals surface area (Å²) >= 11 is 7.52. The zero-order valence-electron chi connectivity index (χ0n) is 10.2. The number of rotatable bonds is 4. The first-order valence-electron chi connectivity index (χ1n) is 5.65. The number of hydrogen-bond donors (Lipinski definition) is 1. The lowest BCUT2D eigenvalue weighted by Gasteiger charge is -2.04. The maximum Gasteiger partial charge on any atom is 0.244 e. The van der Waals surface area contributed by atoms with Crippen LogP contribution in [-0.4, -0.2) is 21.8 Å². The summed E-state index contributed by atoms with van der Waals surface area (Å²) in [4.78, 5) is 16.6. The number of aromatic nitrogens is 2. The highest BCUT2D eigenvalue weighted by Crippen LogP contribution is 2.22. The lowest BCUT2D eigenvalue weighted by atomic mass is 10.2. The second-order valence-electron chi connectivity index (χ2n) is 4.32. The normalized spacial score (nSPS) is 11.8. The Morgan fingerprint density at radius 3 is 3.17 bits per heavy atom. The van der Waals surface area contributed by atoms with E-state index in [1.54, 1.807) is 6.08 Å². The van der Waals surface area contributed by atoms with Crippen molar-refractivity contribution in [1.82, 2.24) is 14.7 Å². The number of halogens is 1. The van der Waals surface area contributed by atoms with Crippen molar-refractivity contribution in [3.05, 3.63) is 28.5 Å². The molecule has 96 valence electrons. The number of nitrogens with zero attached hydrogens (tertiary/aromatic N) is 2. The number of carbonyl (C=O) groups excluding carboxylic acids is 1. The minimum Gasteiger partial charge on any atom is -0.352 e. The van der Waals surface area contributed by atoms with E-state index in [1.807, 2.05) is 29.8 Å². The van der Waals surface area contributed by atoms with E-state index in [2.05, 4.69) is 10.3 Å². The Bertz CT molecular complexity index is 585. The van der Waals surface area contributed by atoms with Crippen molar-refractivity contribution >= 4 is 39.9 Å². The van der Waals surface area contributed by atoms with Gasteiger partial charge in [0.1, 0.15) is 0 Å². The molecule has 1 N–H and O–H groups in total. The fourth-order valence-electron chi connectivity index (χ4n) is 1.44. The van der Waals surface area contributed by atoms with E-state index in [0.29, 0.717) is 17.6 Å². The van der Waals surface area contributed by atoms with Crippen LogP contribution in [0.4, 0.5) is 0 Å². The molecule has 1 amide bonds. The lowest BCUT2D eigenvalue weighted by molar-refractivity contribution is -0.116. The van der Waals surface area contributed by atoms with E-state index >= 15 is 0 Å². The molecule has 4 nitrogen and oxygen atoms in total. The summed E-state index contributed by atoms with van der Waals surface area (Å²) in [6.07, 6.45) is 5.05. The maximum absolute atomic E-state index is 11.6. The number of imidazole rings is 1. The fourth-order valence-corrected chi connectivity index (χ4v) is 2.45. The monoisotopic (exact) mass is 283 g/mol. The van der Waals surface area contributed by atoms with Crippen LogP contribution in [0.5, 0.6) is 0 Å². The number of carbonyl (C=O) groups is 1. The topological polar surface area (TPSA) is 46.4 Å². The molecule has 0 saturated carbocycles. The third-order valence-corrected chi connectivity index (χ3v) is 3.37. The third kappa shape index (κ3) is 2.91. The average molecular weight is 284 g/mol. The number of amides is 1. The number of thiazole rings is 1. The molecule has 18 heavy (non-hydrogen) atoms. The molecule has 6 heteroatoms. The lowest BCUT2D eigenvalue weighted by Crippen LogP contribution is -2.25. The first-order valence-corrected chi connectivity index (χ1v) is 6.90. The SMILES string of the molecule is CC(C)CNC(=O)/C=C\c1c(Cl)nc2sccn12. The Hall–Kier alpha value is -1.33. The van der Waals surface area contributed by atoms with Crippen LogP contribution in [0.25, 0.3) is 11.0 Å². The van der Waals surface area contributed by atoms with E-state index in [-0.39, 0.29) is 5.91 Å². The molecule has 0 aromatic carbocycles. The van der Waals surface area contributed by atoms with Crippen molar-refractivity contribution in [1.29, 1.82) is 0 Å². The first-order chi connectivity index (χ1) is 8.58. The van der Waals surface area contributed by atoms with Crippen LogP contribution < -0.4 is 5.32 Å². The van der Waals surface area contributed by atoms with Crippen molar-refractivity contribution in [3.8, 4) is 0 Å². The zero-order chi connectivity index (χ0) is 13.1. The standard InChI is InChI=1S/C12H14ClN3OS/c1-8(2)7-14-10(17)4-3-9-11(13)15-12-16(9)5-6-18-12/h3-6,8H,7H2,1-2H3,(H,14,17)/b4-3-. The Labute approximate surface area is 114 Å². The second kappa shape index (κ2) is 5.54. The van der Waals surface area contributed by atoms with E-state index < -0.39 is 0 Å². The van der Waals surface area contributed by atoms with E-state index in [4.69, 9.17) is 11.6 Å². The van der Waals surface area contributed by atoms with Gasteiger partial charge in [-0.2, -0.15) is 0 Å². The molecular weight excluding hydrogens is 270 g/mol. The van der Waals surface area contributed by atoms with Gasteiger partial charge >= 0.3 is 0 Å². The molecule has 0 spiro atoms. The predicted octanol–water partition coefficient (Wildman–Crippen LogP) is 2.83. The smallest absolute Gasteiger partial charge is 0.244 e. The minimum atomic E-state index is -0.120. The van der Waals surface area contributed by atoms with E-state index in [9.17, 15) is 4.79 Å². The van der Waals surface area contributed by atoms with Crippen molar-refractivity contribution in [2.24, 2.45) is 5.92 Å². The van der Waals surface area contributed by atoms with Gasteiger partial charge in [-0.3, -0.25) is 9.20 Å². The first kappa shape index (κ1) is 13.1. The van der Waals surface area contributed by atoms with Crippen LogP contribution in [0.1, 0.15) is 19.5 Å². The van der Waals surface area contributed by atoms with Gasteiger partial charge in [0.2, 0.25) is 5.91 Å². The van der Waals surface area contributed by atoms with Crippen LogP contribution in [-0.2, 0) is 4.79 Å². The molecule has 2 aromatic rings. The summed E-state index contributed by atoms with van der Waals surface area (Å²) in [5.41, 5.74) is 0.729. The number of fused-ring (bicyclic) bond motifs is 1. The molecular formula is C12H14ClN3OS. The summed E-state index contributed by atoms with van der Waals surface area (Å²) in [7, 11) is 0. The zero-order valence-corrected chi connectivity index (χ0v) is 11.8. The van der Waals surface area contributed by atoms with Crippen LogP contribution in [0.3, 0.4) is 0 Å². The van der Waals surface area contributed by atoms with Gasteiger partial charge < -0.3 is 5.32 Å². The van der Waals surface area contributed by atoms with Gasteiger partial charge in [-0.15, -0.1) is 11.3 Å². The van der Waals surface area contributed by atoms with Crippen molar-refractivity contribution in [2.75, 3.05) is 6.54 Å². The summed E-state index contributed by atoms with van der Waals surface area (Å²) < 4.78 is 1.86. The van der Waals surface area contributed by atoms with Gasteiger partial charge in [-0.05, 0) is 12.0 Å². The molecule has 2 rings (SSSR count). The van der Waals surface area contributed by atoms with Crippen LogP contribution in [0.15, 0.2) is 17.7 Å². The largest absolute Gasteiger partial charge is 0.352 e. The Morgan fingerprint density at radius 2 is 2.44 bits per heavy atom. The molecule has 0 aliphatic heterocycles. The quantitative estimate of drug-likeness (QED) is 0.877. The van der Waals surface area contributed by atoms with Crippen LogP contribution in [0.2, 0.25) is 5.15 Å². The summed E-state index contributed by atoms with van der Waals surface area (Å²) in [5.74, 6) is 0.314. The molecule has 2 heterocycles. The molecule has 0 atom stereocenters. The summed E-state index contributed by atoms with van der Waals surface area (Å²) in [6, 6.07) is 0. The van der Waals surface area contributed by atoms with Gasteiger partial charge in [0.25, 0.3) is 0 Å². The maximum atomic E-state index is 11.6. The molecule has 0 bridgehead atoms. The molecule has 0 saturated heterocycles. The molecule has 0 radical (unpaired) electrons. The van der Waals surface area contributed by atoms with Crippen molar-refractivity contribution in [2.45, 2.75) is 13.8 Å². The van der Waals surface area contributed by atoms with Crippen molar-refractivity contribution < 1.29 is 4.79 Å². The summed E-state index contributed by atoms with van der Waals surface area (Å²) in [6.45, 7) is 4.76. The van der Waals surface area contributed by atoms with E-state index in [0.717, 1.165) is 10.7 Å². The Balaban J connectivity index is 2.10. The summed E-state index contributed by atoms with van der Waals surface area (Å²) in [5, 5.41) is 5.15. The minimum absolute atomic E-state index is 0.120. The Morgan fingerprint density at radius 1 is 1.67 bits per heavy atom. The van der Waals surface area contributed by atoms with Crippen molar-refractivity contribution in [3.63, 3.8) is 0 Å². The van der Waals surface area contributed by atoms with Gasteiger partial charge in [0.15, 0.2) is 10.1 Å². The average Bonchev–Trinajstić information content (AvgIpc) is 2.84. The molecule has 2 aromatic heterocycles.